The lowest BCUT2D eigenvalue weighted by Gasteiger charge is -2.09. The van der Waals surface area contributed by atoms with E-state index in [1.54, 1.807) is 18.3 Å². The fourth-order valence-electron chi connectivity index (χ4n) is 1.83. The van der Waals surface area contributed by atoms with E-state index in [-0.39, 0.29) is 5.69 Å². The van der Waals surface area contributed by atoms with E-state index in [4.69, 9.17) is 5.73 Å². The Kier molecular flexibility index (Phi) is 2.86. The number of nitrogens with two attached hydrogens (primary N) is 1. The molecule has 0 saturated carbocycles. The summed E-state index contributed by atoms with van der Waals surface area (Å²) in [5.41, 5.74) is 5.83. The van der Waals surface area contributed by atoms with Crippen LogP contribution in [0.3, 0.4) is 0 Å². The van der Waals surface area contributed by atoms with Gasteiger partial charge in [0.05, 0.1) is 5.56 Å². The first kappa shape index (κ1) is 12.9. The van der Waals surface area contributed by atoms with Crippen molar-refractivity contribution in [2.75, 3.05) is 5.73 Å². The minimum Gasteiger partial charge on any atom is -0.399 e. The molecule has 0 bridgehead atoms. The zero-order valence-corrected chi connectivity index (χ0v) is 10.8. The molecular formula is C13H8F3N3S. The molecule has 0 saturated heterocycles. The average Bonchev–Trinajstić information content (AvgIpc) is 2.80. The van der Waals surface area contributed by atoms with E-state index in [1.165, 1.54) is 17.4 Å². The number of alkyl halides is 3. The molecule has 102 valence electrons. The number of halogens is 3. The number of hydrogen-bond donors (Lipinski definition) is 1. The maximum Gasteiger partial charge on any atom is 0.416 e. The molecule has 0 spiro atoms. The van der Waals surface area contributed by atoms with Gasteiger partial charge in [0.15, 0.2) is 0 Å². The second-order valence-corrected chi connectivity index (χ2v) is 5.17. The van der Waals surface area contributed by atoms with E-state index >= 15 is 0 Å². The van der Waals surface area contributed by atoms with Crippen LogP contribution in [0.1, 0.15) is 5.56 Å². The van der Waals surface area contributed by atoms with E-state index in [0.29, 0.717) is 20.9 Å². The van der Waals surface area contributed by atoms with Crippen molar-refractivity contribution in [3.05, 3.63) is 42.1 Å². The summed E-state index contributed by atoms with van der Waals surface area (Å²) in [7, 11) is 0. The normalized spacial score (nSPS) is 11.9. The second-order valence-electron chi connectivity index (χ2n) is 4.19. The van der Waals surface area contributed by atoms with Crippen molar-refractivity contribution in [3.8, 4) is 10.6 Å². The zero-order chi connectivity index (χ0) is 14.3. The van der Waals surface area contributed by atoms with Crippen LogP contribution >= 0.6 is 11.3 Å². The number of fused-ring (bicyclic) bond motifs is 1. The molecule has 3 nitrogen and oxygen atoms in total. The topological polar surface area (TPSA) is 51.8 Å². The monoisotopic (exact) mass is 295 g/mol. The molecule has 0 amide bonds. The first-order chi connectivity index (χ1) is 9.43. The number of aromatic nitrogens is 2. The number of nitrogen functional groups attached to an aromatic ring is 1. The molecule has 7 heteroatoms. The van der Waals surface area contributed by atoms with Gasteiger partial charge < -0.3 is 5.73 Å². The highest BCUT2D eigenvalue weighted by Crippen LogP contribution is 2.36. The third-order valence-electron chi connectivity index (χ3n) is 2.70. The van der Waals surface area contributed by atoms with Gasteiger partial charge in [0.25, 0.3) is 0 Å². The molecule has 0 unspecified atom stereocenters. The van der Waals surface area contributed by atoms with Gasteiger partial charge >= 0.3 is 6.18 Å². The van der Waals surface area contributed by atoms with Crippen LogP contribution in [-0.2, 0) is 6.18 Å². The SMILES string of the molecule is Nc1cc(-c2nc3cccnc3s2)cc(C(F)(F)F)c1. The summed E-state index contributed by atoms with van der Waals surface area (Å²) in [5.74, 6) is 0. The summed E-state index contributed by atoms with van der Waals surface area (Å²) in [6, 6.07) is 6.93. The van der Waals surface area contributed by atoms with E-state index in [1.807, 2.05) is 0 Å². The number of benzene rings is 1. The van der Waals surface area contributed by atoms with Gasteiger partial charge in [0, 0.05) is 17.4 Å². The summed E-state index contributed by atoms with van der Waals surface area (Å²) in [4.78, 5) is 9.08. The van der Waals surface area contributed by atoms with Crippen LogP contribution in [0.4, 0.5) is 18.9 Å². The third-order valence-corrected chi connectivity index (χ3v) is 3.72. The fraction of sp³-hybridized carbons (Fsp3) is 0.0769. The van der Waals surface area contributed by atoms with Crippen LogP contribution in [-0.4, -0.2) is 9.97 Å². The molecule has 0 aliphatic heterocycles. The predicted molar refractivity (Wildman–Crippen MR) is 72.3 cm³/mol. The molecule has 0 aliphatic rings. The molecule has 0 aliphatic carbocycles. The van der Waals surface area contributed by atoms with Crippen LogP contribution in [0.25, 0.3) is 20.9 Å². The number of thiazole rings is 1. The molecular weight excluding hydrogens is 287 g/mol. The van der Waals surface area contributed by atoms with Gasteiger partial charge in [-0.2, -0.15) is 13.2 Å². The van der Waals surface area contributed by atoms with Crippen molar-refractivity contribution in [2.24, 2.45) is 0 Å². The van der Waals surface area contributed by atoms with Crippen molar-refractivity contribution in [1.29, 1.82) is 0 Å². The Morgan fingerprint density at radius 2 is 1.95 bits per heavy atom. The molecule has 1 aromatic carbocycles. The maximum atomic E-state index is 12.8. The van der Waals surface area contributed by atoms with Gasteiger partial charge in [-0.25, -0.2) is 9.97 Å². The summed E-state index contributed by atoms with van der Waals surface area (Å²) in [5, 5.41) is 0.469. The quantitative estimate of drug-likeness (QED) is 0.691. The Bertz CT molecular complexity index is 747. The first-order valence-corrected chi connectivity index (χ1v) is 6.45. The number of hydrogen-bond acceptors (Lipinski definition) is 4. The number of anilines is 1. The van der Waals surface area contributed by atoms with Crippen LogP contribution in [0, 0.1) is 0 Å². The lowest BCUT2D eigenvalue weighted by molar-refractivity contribution is -0.137. The van der Waals surface area contributed by atoms with Crippen LogP contribution in [0.2, 0.25) is 0 Å². The Morgan fingerprint density at radius 1 is 1.15 bits per heavy atom. The molecule has 2 heterocycles. The molecule has 0 radical (unpaired) electrons. The zero-order valence-electron chi connectivity index (χ0n) is 9.98. The van der Waals surface area contributed by atoms with Crippen molar-refractivity contribution < 1.29 is 13.2 Å². The fourth-order valence-corrected chi connectivity index (χ4v) is 2.73. The Labute approximate surface area is 115 Å². The summed E-state index contributed by atoms with van der Waals surface area (Å²) in [6.45, 7) is 0. The predicted octanol–water partition coefficient (Wildman–Crippen LogP) is 3.96. The largest absolute Gasteiger partial charge is 0.416 e. The standard InChI is InChI=1S/C13H8F3N3S/c14-13(15,16)8-4-7(5-9(17)6-8)11-19-10-2-1-3-18-12(10)20-11/h1-6H,17H2. The minimum absolute atomic E-state index is 0.0574. The Morgan fingerprint density at radius 3 is 2.65 bits per heavy atom. The van der Waals surface area contributed by atoms with Crippen molar-refractivity contribution in [2.45, 2.75) is 6.18 Å². The van der Waals surface area contributed by atoms with Gasteiger partial charge in [-0.15, -0.1) is 0 Å². The maximum absolute atomic E-state index is 12.8. The van der Waals surface area contributed by atoms with E-state index in [0.717, 1.165) is 12.1 Å². The molecule has 0 atom stereocenters. The first-order valence-electron chi connectivity index (χ1n) is 5.63. The van der Waals surface area contributed by atoms with Crippen molar-refractivity contribution >= 4 is 27.4 Å². The van der Waals surface area contributed by atoms with Crippen molar-refractivity contribution in [3.63, 3.8) is 0 Å². The summed E-state index contributed by atoms with van der Waals surface area (Å²) >= 11 is 1.23. The summed E-state index contributed by atoms with van der Waals surface area (Å²) < 4.78 is 38.3. The number of rotatable bonds is 1. The van der Waals surface area contributed by atoms with E-state index in [9.17, 15) is 13.2 Å². The van der Waals surface area contributed by atoms with Gasteiger partial charge in [-0.05, 0) is 30.3 Å². The number of nitrogens with zero attached hydrogens (tertiary/aromatic N) is 2. The highest BCUT2D eigenvalue weighted by molar-refractivity contribution is 7.21. The second kappa shape index (κ2) is 4.45. The van der Waals surface area contributed by atoms with Gasteiger partial charge in [0.2, 0.25) is 0 Å². The van der Waals surface area contributed by atoms with Crippen LogP contribution < -0.4 is 5.73 Å². The molecule has 3 aromatic rings. The number of pyridine rings is 1. The molecule has 20 heavy (non-hydrogen) atoms. The Hall–Kier alpha value is -2.15. The average molecular weight is 295 g/mol. The van der Waals surface area contributed by atoms with E-state index in [2.05, 4.69) is 9.97 Å². The third kappa shape index (κ3) is 2.32. The highest BCUT2D eigenvalue weighted by atomic mass is 32.1. The van der Waals surface area contributed by atoms with Gasteiger partial charge in [-0.1, -0.05) is 11.3 Å². The lowest BCUT2D eigenvalue weighted by atomic mass is 10.1. The lowest BCUT2D eigenvalue weighted by Crippen LogP contribution is -2.05. The smallest absolute Gasteiger partial charge is 0.399 e. The molecule has 2 aromatic heterocycles. The van der Waals surface area contributed by atoms with E-state index < -0.39 is 11.7 Å². The van der Waals surface area contributed by atoms with Gasteiger partial charge in [0.1, 0.15) is 15.4 Å². The molecule has 2 N–H and O–H groups in total. The molecule has 3 rings (SSSR count). The van der Waals surface area contributed by atoms with Crippen molar-refractivity contribution in [1.82, 2.24) is 9.97 Å². The summed E-state index contributed by atoms with van der Waals surface area (Å²) in [6.07, 6.45) is -2.82. The van der Waals surface area contributed by atoms with Crippen LogP contribution in [0.5, 0.6) is 0 Å². The van der Waals surface area contributed by atoms with Gasteiger partial charge in [-0.3, -0.25) is 0 Å². The van der Waals surface area contributed by atoms with Crippen LogP contribution in [0.15, 0.2) is 36.5 Å². The minimum atomic E-state index is -4.43. The highest BCUT2D eigenvalue weighted by Gasteiger charge is 2.31. The Balaban J connectivity index is 2.16. The molecule has 0 fully saturated rings.